The van der Waals surface area contributed by atoms with Crippen molar-refractivity contribution < 1.29 is 13.2 Å². The summed E-state index contributed by atoms with van der Waals surface area (Å²) in [6.45, 7) is 3.14. The minimum atomic E-state index is -3.45. The van der Waals surface area contributed by atoms with Crippen molar-refractivity contribution in [3.8, 4) is 5.75 Å². The van der Waals surface area contributed by atoms with Gasteiger partial charge in [0, 0.05) is 23.6 Å². The van der Waals surface area contributed by atoms with E-state index in [9.17, 15) is 8.42 Å². The Morgan fingerprint density at radius 1 is 1.29 bits per heavy atom. The number of benzene rings is 1. The Hall–Kier alpha value is -1.28. The summed E-state index contributed by atoms with van der Waals surface area (Å²) >= 11 is 0. The van der Waals surface area contributed by atoms with Gasteiger partial charge in [-0.05, 0) is 49.6 Å². The quantitative estimate of drug-likeness (QED) is 0.594. The summed E-state index contributed by atoms with van der Waals surface area (Å²) in [5, 5.41) is 0.987. The summed E-state index contributed by atoms with van der Waals surface area (Å²) in [5.74, 6) is 0.619. The van der Waals surface area contributed by atoms with E-state index in [0.29, 0.717) is 24.8 Å². The molecule has 0 aliphatic carbocycles. The van der Waals surface area contributed by atoms with Crippen molar-refractivity contribution in [3.63, 3.8) is 0 Å². The molecular formula is C16H26ClN3O3S. The van der Waals surface area contributed by atoms with Crippen LogP contribution in [0.15, 0.2) is 30.5 Å². The molecule has 2 rings (SSSR count). The predicted octanol–water partition coefficient (Wildman–Crippen LogP) is 2.61. The van der Waals surface area contributed by atoms with Gasteiger partial charge in [-0.2, -0.15) is 0 Å². The van der Waals surface area contributed by atoms with Crippen molar-refractivity contribution in [2.75, 3.05) is 19.0 Å². The van der Waals surface area contributed by atoms with Gasteiger partial charge in [-0.15, -0.1) is 12.4 Å². The molecule has 0 spiro atoms. The maximum Gasteiger partial charge on any atom is 0.246 e. The summed E-state index contributed by atoms with van der Waals surface area (Å²) in [4.78, 5) is 3.08. The zero-order valence-corrected chi connectivity index (χ0v) is 15.5. The highest BCUT2D eigenvalue weighted by Crippen LogP contribution is 2.19. The molecule has 0 saturated heterocycles. The van der Waals surface area contributed by atoms with Gasteiger partial charge in [-0.1, -0.05) is 13.3 Å². The van der Waals surface area contributed by atoms with Gasteiger partial charge in [-0.3, -0.25) is 0 Å². The molecule has 4 N–H and O–H groups in total. The number of nitrogens with two attached hydrogens (primary N) is 1. The van der Waals surface area contributed by atoms with Crippen LogP contribution in [0.5, 0.6) is 5.75 Å². The van der Waals surface area contributed by atoms with Gasteiger partial charge in [-0.25, -0.2) is 13.1 Å². The minimum Gasteiger partial charge on any atom is -0.476 e. The first-order valence-electron chi connectivity index (χ1n) is 7.91. The highest BCUT2D eigenvalue weighted by molar-refractivity contribution is 7.89. The molecule has 136 valence electrons. The molecule has 8 heteroatoms. The molecule has 1 aromatic carbocycles. The van der Waals surface area contributed by atoms with E-state index < -0.39 is 10.0 Å². The molecule has 0 amide bonds. The standard InChI is InChI=1S/C16H25N3O3S.ClH/c1-2-13(5-8-17)6-10-19-23(20,21)12-22-15-3-4-16-14(11-15)7-9-18-16;/h3-4,7,9,11,13,18-19H,2,5-6,8,10,12,17H2,1H3;1H. The van der Waals surface area contributed by atoms with E-state index >= 15 is 0 Å². The van der Waals surface area contributed by atoms with Crippen LogP contribution in [0.2, 0.25) is 0 Å². The molecule has 24 heavy (non-hydrogen) atoms. The van der Waals surface area contributed by atoms with Crippen LogP contribution < -0.4 is 15.2 Å². The molecule has 0 aliphatic heterocycles. The van der Waals surface area contributed by atoms with E-state index in [1.54, 1.807) is 6.07 Å². The Morgan fingerprint density at radius 3 is 2.79 bits per heavy atom. The van der Waals surface area contributed by atoms with E-state index in [4.69, 9.17) is 10.5 Å². The molecule has 1 unspecified atom stereocenters. The highest BCUT2D eigenvalue weighted by atomic mass is 35.5. The molecular weight excluding hydrogens is 350 g/mol. The number of halogens is 1. The Labute approximate surface area is 149 Å². The first-order chi connectivity index (χ1) is 11.0. The van der Waals surface area contributed by atoms with E-state index in [2.05, 4.69) is 16.6 Å². The summed E-state index contributed by atoms with van der Waals surface area (Å²) < 4.78 is 31.9. The molecule has 1 aromatic heterocycles. The molecule has 0 radical (unpaired) electrons. The van der Waals surface area contributed by atoms with Crippen molar-refractivity contribution >= 4 is 33.3 Å². The fourth-order valence-electron chi connectivity index (χ4n) is 2.52. The van der Waals surface area contributed by atoms with Crippen molar-refractivity contribution in [3.05, 3.63) is 30.5 Å². The average Bonchev–Trinajstić information content (AvgIpc) is 2.99. The number of hydrogen-bond acceptors (Lipinski definition) is 4. The summed E-state index contributed by atoms with van der Waals surface area (Å²) in [6, 6.07) is 7.35. The van der Waals surface area contributed by atoms with Crippen LogP contribution in [-0.2, 0) is 10.0 Å². The summed E-state index contributed by atoms with van der Waals surface area (Å²) in [6.07, 6.45) is 4.55. The third kappa shape index (κ3) is 6.32. The van der Waals surface area contributed by atoms with Gasteiger partial charge in [0.1, 0.15) is 5.75 Å². The Morgan fingerprint density at radius 2 is 2.08 bits per heavy atom. The van der Waals surface area contributed by atoms with Crippen molar-refractivity contribution in [1.82, 2.24) is 9.71 Å². The zero-order valence-electron chi connectivity index (χ0n) is 13.8. The smallest absolute Gasteiger partial charge is 0.246 e. The van der Waals surface area contributed by atoms with E-state index in [-0.39, 0.29) is 18.3 Å². The molecule has 6 nitrogen and oxygen atoms in total. The second-order valence-electron chi connectivity index (χ2n) is 5.64. The van der Waals surface area contributed by atoms with Crippen molar-refractivity contribution in [1.29, 1.82) is 0 Å². The molecule has 0 aliphatic rings. The third-order valence-corrected chi connectivity index (χ3v) is 5.00. The Balaban J connectivity index is 0.00000288. The van der Waals surface area contributed by atoms with E-state index in [1.165, 1.54) is 0 Å². The largest absolute Gasteiger partial charge is 0.476 e. The number of aromatic nitrogens is 1. The van der Waals surface area contributed by atoms with E-state index in [1.807, 2.05) is 24.4 Å². The highest BCUT2D eigenvalue weighted by Gasteiger charge is 2.13. The number of rotatable bonds is 10. The lowest BCUT2D eigenvalue weighted by Crippen LogP contribution is -2.30. The van der Waals surface area contributed by atoms with Gasteiger partial charge in [0.05, 0.1) is 0 Å². The Kier molecular flexibility index (Phi) is 8.55. The fourth-order valence-corrected chi connectivity index (χ4v) is 3.32. The number of nitrogens with one attached hydrogen (secondary N) is 2. The van der Waals surface area contributed by atoms with Gasteiger partial charge < -0.3 is 15.5 Å². The maximum absolute atomic E-state index is 12.0. The van der Waals surface area contributed by atoms with Crippen molar-refractivity contribution in [2.45, 2.75) is 26.2 Å². The monoisotopic (exact) mass is 375 g/mol. The zero-order chi connectivity index (χ0) is 16.7. The van der Waals surface area contributed by atoms with Crippen LogP contribution in [0, 0.1) is 5.92 Å². The predicted molar refractivity (Wildman–Crippen MR) is 100 cm³/mol. The first kappa shape index (κ1) is 20.8. The van der Waals surface area contributed by atoms with Crippen LogP contribution in [0.25, 0.3) is 10.9 Å². The van der Waals surface area contributed by atoms with Gasteiger partial charge >= 0.3 is 0 Å². The number of sulfonamides is 1. The van der Waals surface area contributed by atoms with Crippen molar-refractivity contribution in [2.24, 2.45) is 11.7 Å². The summed E-state index contributed by atoms with van der Waals surface area (Å²) in [5.41, 5.74) is 6.54. The number of ether oxygens (including phenoxy) is 1. The third-order valence-electron chi connectivity index (χ3n) is 3.93. The molecule has 0 saturated carbocycles. The number of hydrogen-bond donors (Lipinski definition) is 3. The molecule has 1 heterocycles. The lowest BCUT2D eigenvalue weighted by Gasteiger charge is -2.14. The second-order valence-corrected chi connectivity index (χ2v) is 7.39. The maximum atomic E-state index is 12.0. The van der Waals surface area contributed by atoms with Crippen LogP contribution in [0.1, 0.15) is 26.2 Å². The normalized spacial score (nSPS) is 12.8. The van der Waals surface area contributed by atoms with Gasteiger partial charge in [0.25, 0.3) is 0 Å². The lowest BCUT2D eigenvalue weighted by molar-refractivity contribution is 0.372. The average molecular weight is 376 g/mol. The second kappa shape index (κ2) is 9.88. The number of H-pyrrole nitrogens is 1. The van der Waals surface area contributed by atoms with Gasteiger partial charge in [0.2, 0.25) is 16.0 Å². The SMILES string of the molecule is CCC(CCN)CCNS(=O)(=O)COc1ccc2[nH]ccc2c1.Cl. The molecule has 0 bridgehead atoms. The van der Waals surface area contributed by atoms with Crippen LogP contribution in [0.3, 0.4) is 0 Å². The molecule has 1 atom stereocenters. The number of fused-ring (bicyclic) bond motifs is 1. The minimum absolute atomic E-state index is 0. The van der Waals surface area contributed by atoms with Crippen LogP contribution in [-0.4, -0.2) is 32.4 Å². The number of aromatic amines is 1. The fraction of sp³-hybridized carbons (Fsp3) is 0.500. The van der Waals surface area contributed by atoms with E-state index in [0.717, 1.165) is 30.2 Å². The Bertz CT molecular complexity index is 718. The molecule has 0 fully saturated rings. The first-order valence-corrected chi connectivity index (χ1v) is 9.56. The topological polar surface area (TPSA) is 97.2 Å². The van der Waals surface area contributed by atoms with Crippen LogP contribution in [0.4, 0.5) is 0 Å². The van der Waals surface area contributed by atoms with Gasteiger partial charge in [0.15, 0.2) is 0 Å². The summed E-state index contributed by atoms with van der Waals surface area (Å²) in [7, 11) is -3.45. The molecule has 2 aromatic rings. The van der Waals surface area contributed by atoms with Crippen LogP contribution >= 0.6 is 12.4 Å². The lowest BCUT2D eigenvalue weighted by atomic mass is 9.99.